The zero-order valence-corrected chi connectivity index (χ0v) is 13.1. The van der Waals surface area contributed by atoms with Crippen LogP contribution in [0.4, 0.5) is 0 Å². The summed E-state index contributed by atoms with van der Waals surface area (Å²) in [5, 5.41) is 10.4. The summed E-state index contributed by atoms with van der Waals surface area (Å²) in [6, 6.07) is 5.87. The van der Waals surface area contributed by atoms with Gasteiger partial charge >= 0.3 is 5.97 Å². The fraction of sp³-hybridized carbons (Fsp3) is 0.308. The van der Waals surface area contributed by atoms with Crippen molar-refractivity contribution in [1.29, 1.82) is 0 Å². The van der Waals surface area contributed by atoms with Crippen LogP contribution in [0.25, 0.3) is 0 Å². The molecule has 0 saturated heterocycles. The first-order valence-electron chi connectivity index (χ1n) is 6.16. The number of likely N-dealkylation sites (N-methyl/N-ethyl adjacent to an activating group) is 1. The summed E-state index contributed by atoms with van der Waals surface area (Å²) in [5.74, 6) is -1.70. The van der Waals surface area contributed by atoms with Crippen molar-refractivity contribution < 1.29 is 22.7 Å². The Morgan fingerprint density at radius 3 is 2.67 bits per heavy atom. The zero-order valence-electron chi connectivity index (χ0n) is 11.5. The third kappa shape index (κ3) is 3.34. The van der Waals surface area contributed by atoms with E-state index in [4.69, 9.17) is 9.52 Å². The van der Waals surface area contributed by atoms with Crippen molar-refractivity contribution in [1.82, 2.24) is 4.31 Å². The van der Waals surface area contributed by atoms with Crippen LogP contribution in [0, 0.1) is 0 Å². The van der Waals surface area contributed by atoms with Gasteiger partial charge in [-0.05, 0) is 36.9 Å². The number of nitrogens with zero attached hydrogens (tertiary/aromatic N) is 1. The van der Waals surface area contributed by atoms with Gasteiger partial charge in [0, 0.05) is 18.0 Å². The molecule has 114 valence electrons. The van der Waals surface area contributed by atoms with E-state index in [2.05, 4.69) is 0 Å². The quantitative estimate of drug-likeness (QED) is 0.878. The molecule has 2 aromatic rings. The van der Waals surface area contributed by atoms with Crippen LogP contribution in [0.3, 0.4) is 0 Å². The number of hydrogen-bond acceptors (Lipinski definition) is 5. The van der Waals surface area contributed by atoms with Gasteiger partial charge in [0.1, 0.15) is 0 Å². The highest BCUT2D eigenvalue weighted by Crippen LogP contribution is 2.22. The van der Waals surface area contributed by atoms with Gasteiger partial charge in [-0.2, -0.15) is 4.31 Å². The average molecular weight is 329 g/mol. The van der Waals surface area contributed by atoms with E-state index in [0.29, 0.717) is 6.42 Å². The van der Waals surface area contributed by atoms with Crippen molar-refractivity contribution in [3.05, 3.63) is 40.3 Å². The van der Waals surface area contributed by atoms with Crippen LogP contribution < -0.4 is 0 Å². The molecule has 1 N–H and O–H groups in total. The van der Waals surface area contributed by atoms with E-state index in [1.807, 2.05) is 17.5 Å². The molecule has 2 aromatic heterocycles. The molecule has 21 heavy (non-hydrogen) atoms. The third-order valence-corrected chi connectivity index (χ3v) is 5.87. The van der Waals surface area contributed by atoms with E-state index in [9.17, 15) is 13.2 Å². The molecule has 0 radical (unpaired) electrons. The molecule has 1 unspecified atom stereocenters. The number of hydrogen-bond donors (Lipinski definition) is 1. The van der Waals surface area contributed by atoms with Gasteiger partial charge in [-0.25, -0.2) is 13.2 Å². The van der Waals surface area contributed by atoms with Gasteiger partial charge in [-0.1, -0.05) is 6.07 Å². The lowest BCUT2D eigenvalue weighted by Gasteiger charge is -2.22. The lowest BCUT2D eigenvalue weighted by Crippen LogP contribution is -2.36. The van der Waals surface area contributed by atoms with Crippen molar-refractivity contribution in [3.8, 4) is 0 Å². The van der Waals surface area contributed by atoms with Crippen molar-refractivity contribution in [3.63, 3.8) is 0 Å². The average Bonchev–Trinajstić information content (AvgIpc) is 3.08. The van der Waals surface area contributed by atoms with Gasteiger partial charge in [0.25, 0.3) is 10.0 Å². The molecular formula is C13H15NO5S2. The number of thiophene rings is 1. The molecule has 6 nitrogen and oxygen atoms in total. The number of carboxylic acids is 1. The molecule has 0 fully saturated rings. The molecule has 0 spiro atoms. The van der Waals surface area contributed by atoms with Gasteiger partial charge in [0.15, 0.2) is 0 Å². The van der Waals surface area contributed by atoms with E-state index in [0.717, 1.165) is 17.0 Å². The summed E-state index contributed by atoms with van der Waals surface area (Å²) in [4.78, 5) is 11.8. The van der Waals surface area contributed by atoms with E-state index in [1.165, 1.54) is 11.4 Å². The predicted octanol–water partition coefficient (Wildman–Crippen LogP) is 2.29. The number of carboxylic acid groups (broad SMARTS) is 1. The fourth-order valence-corrected chi connectivity index (χ4v) is 3.89. The third-order valence-electron chi connectivity index (χ3n) is 3.12. The summed E-state index contributed by atoms with van der Waals surface area (Å²) in [6.07, 6.45) is 0.583. The molecule has 0 aliphatic rings. The Bertz CT molecular complexity index is 718. The van der Waals surface area contributed by atoms with Crippen molar-refractivity contribution in [2.24, 2.45) is 0 Å². The van der Waals surface area contributed by atoms with Gasteiger partial charge in [-0.3, -0.25) is 0 Å². The van der Waals surface area contributed by atoms with Crippen LogP contribution >= 0.6 is 11.3 Å². The lowest BCUT2D eigenvalue weighted by molar-refractivity contribution is 0.0656. The maximum atomic E-state index is 12.4. The van der Waals surface area contributed by atoms with Crippen molar-refractivity contribution >= 4 is 27.3 Å². The predicted molar refractivity (Wildman–Crippen MR) is 78.1 cm³/mol. The van der Waals surface area contributed by atoms with Crippen LogP contribution in [0.2, 0.25) is 0 Å². The second kappa shape index (κ2) is 6.00. The van der Waals surface area contributed by atoms with Gasteiger partial charge < -0.3 is 9.52 Å². The minimum atomic E-state index is -3.85. The van der Waals surface area contributed by atoms with E-state index < -0.39 is 21.8 Å². The standard InChI is InChI=1S/C13H15NO5S2/c1-9(8-10-4-3-7-20-10)14(2)21(17,18)12-6-5-11(19-12)13(15)16/h3-7,9H,8H2,1-2H3,(H,15,16). The molecule has 8 heteroatoms. The molecule has 0 amide bonds. The fourth-order valence-electron chi connectivity index (χ4n) is 1.80. The Kier molecular flexibility index (Phi) is 4.50. The highest BCUT2D eigenvalue weighted by molar-refractivity contribution is 7.89. The Hall–Kier alpha value is -1.64. The minimum absolute atomic E-state index is 0.271. The van der Waals surface area contributed by atoms with Crippen LogP contribution in [-0.2, 0) is 16.4 Å². The maximum absolute atomic E-state index is 12.4. The van der Waals surface area contributed by atoms with E-state index in [-0.39, 0.29) is 11.1 Å². The molecule has 0 bridgehead atoms. The van der Waals surface area contributed by atoms with Crippen LogP contribution in [-0.4, -0.2) is 36.9 Å². The first kappa shape index (κ1) is 15.7. The monoisotopic (exact) mass is 329 g/mol. The lowest BCUT2D eigenvalue weighted by atomic mass is 10.2. The molecule has 0 aliphatic heterocycles. The molecule has 0 aliphatic carbocycles. The highest BCUT2D eigenvalue weighted by atomic mass is 32.2. The summed E-state index contributed by atoms with van der Waals surface area (Å²) in [5.41, 5.74) is 0. The minimum Gasteiger partial charge on any atom is -0.475 e. The molecular weight excluding hydrogens is 314 g/mol. The van der Waals surface area contributed by atoms with Crippen LogP contribution in [0.1, 0.15) is 22.4 Å². The van der Waals surface area contributed by atoms with Crippen LogP contribution in [0.15, 0.2) is 39.2 Å². The second-order valence-electron chi connectivity index (χ2n) is 4.58. The summed E-state index contributed by atoms with van der Waals surface area (Å²) in [6.45, 7) is 1.79. The maximum Gasteiger partial charge on any atom is 0.371 e. The van der Waals surface area contributed by atoms with Gasteiger partial charge in [-0.15, -0.1) is 11.3 Å². The molecule has 1 atom stereocenters. The molecule has 2 heterocycles. The summed E-state index contributed by atoms with van der Waals surface area (Å²) >= 11 is 1.56. The Morgan fingerprint density at radius 1 is 1.43 bits per heavy atom. The number of sulfonamides is 1. The number of aromatic carboxylic acids is 1. The SMILES string of the molecule is CC(Cc1cccs1)N(C)S(=O)(=O)c1ccc(C(=O)O)o1. The largest absolute Gasteiger partial charge is 0.475 e. The zero-order chi connectivity index (χ0) is 15.6. The van der Waals surface area contributed by atoms with Crippen molar-refractivity contribution in [2.75, 3.05) is 7.05 Å². The molecule has 0 aromatic carbocycles. The summed E-state index contributed by atoms with van der Waals surface area (Å²) < 4.78 is 30.8. The van der Waals surface area contributed by atoms with E-state index >= 15 is 0 Å². The molecule has 0 saturated carbocycles. The first-order valence-corrected chi connectivity index (χ1v) is 8.48. The van der Waals surface area contributed by atoms with Crippen LogP contribution in [0.5, 0.6) is 0 Å². The first-order chi connectivity index (χ1) is 9.82. The van der Waals surface area contributed by atoms with Gasteiger partial charge in [0.2, 0.25) is 10.9 Å². The smallest absolute Gasteiger partial charge is 0.371 e. The van der Waals surface area contributed by atoms with Gasteiger partial charge in [0.05, 0.1) is 0 Å². The van der Waals surface area contributed by atoms with Crippen molar-refractivity contribution in [2.45, 2.75) is 24.5 Å². The summed E-state index contributed by atoms with van der Waals surface area (Å²) in [7, 11) is -2.39. The normalized spacial score (nSPS) is 13.5. The second-order valence-corrected chi connectivity index (χ2v) is 7.54. The number of rotatable bonds is 6. The Labute approximate surface area is 126 Å². The topological polar surface area (TPSA) is 87.8 Å². The number of carbonyl (C=O) groups is 1. The Balaban J connectivity index is 2.19. The highest BCUT2D eigenvalue weighted by Gasteiger charge is 2.29. The van der Waals surface area contributed by atoms with E-state index in [1.54, 1.807) is 18.3 Å². The Morgan fingerprint density at radius 2 is 2.14 bits per heavy atom. The number of furan rings is 1. The molecule has 2 rings (SSSR count).